The molecular weight excluding hydrogens is 352 g/mol. The minimum atomic E-state index is -0.219. The van der Waals surface area contributed by atoms with Gasteiger partial charge in [0.05, 0.1) is 11.7 Å². The first kappa shape index (κ1) is 18.3. The first-order chi connectivity index (χ1) is 13.7. The average molecular weight is 376 g/mol. The standard InChI is InChI=1S/C22H24N4O2/c27-21-15-14-19(24-26(21)18-11-5-2-6-12-18)22(28)25-16-8-7-13-20(25)23-17-9-3-1-4-10-17/h2,5-8,11-13,16-17H,1,3-4,9-10,14-15H2. The van der Waals surface area contributed by atoms with Crippen molar-refractivity contribution >= 4 is 23.2 Å². The first-order valence-corrected chi connectivity index (χ1v) is 9.94. The third-order valence-corrected chi connectivity index (χ3v) is 5.23. The highest BCUT2D eigenvalue weighted by atomic mass is 16.2. The van der Waals surface area contributed by atoms with E-state index in [0.717, 1.165) is 12.8 Å². The van der Waals surface area contributed by atoms with E-state index in [2.05, 4.69) is 5.10 Å². The second-order valence-electron chi connectivity index (χ2n) is 7.24. The zero-order valence-corrected chi connectivity index (χ0v) is 15.8. The van der Waals surface area contributed by atoms with Gasteiger partial charge in [0.2, 0.25) is 5.91 Å². The van der Waals surface area contributed by atoms with Crippen LogP contribution in [0.1, 0.15) is 49.7 Å². The van der Waals surface area contributed by atoms with E-state index in [1.165, 1.54) is 24.3 Å². The third kappa shape index (κ3) is 3.96. The van der Waals surface area contributed by atoms with Gasteiger partial charge in [-0.1, -0.05) is 43.5 Å². The molecule has 1 aromatic heterocycles. The molecule has 0 unspecified atom stereocenters. The van der Waals surface area contributed by atoms with Crippen molar-refractivity contribution in [3.05, 3.63) is 60.2 Å². The topological polar surface area (TPSA) is 67.0 Å². The molecule has 0 saturated heterocycles. The van der Waals surface area contributed by atoms with Gasteiger partial charge in [0.1, 0.15) is 11.2 Å². The van der Waals surface area contributed by atoms with E-state index in [4.69, 9.17) is 4.99 Å². The molecule has 144 valence electrons. The molecule has 1 aromatic carbocycles. The monoisotopic (exact) mass is 376 g/mol. The largest absolute Gasteiger partial charge is 0.279 e. The number of benzene rings is 1. The van der Waals surface area contributed by atoms with Gasteiger partial charge >= 0.3 is 0 Å². The summed E-state index contributed by atoms with van der Waals surface area (Å²) in [5.41, 5.74) is 1.70. The summed E-state index contributed by atoms with van der Waals surface area (Å²) in [4.78, 5) is 30.3. The molecule has 0 bridgehead atoms. The van der Waals surface area contributed by atoms with E-state index >= 15 is 0 Å². The molecule has 0 spiro atoms. The zero-order chi connectivity index (χ0) is 19.3. The highest BCUT2D eigenvalue weighted by Gasteiger charge is 2.26. The first-order valence-electron chi connectivity index (χ1n) is 9.94. The summed E-state index contributed by atoms with van der Waals surface area (Å²) in [6, 6.07) is 15.1. The number of rotatable bonds is 3. The molecule has 1 aliphatic heterocycles. The molecule has 6 heteroatoms. The predicted molar refractivity (Wildman–Crippen MR) is 108 cm³/mol. The Morgan fingerprint density at radius 3 is 2.50 bits per heavy atom. The molecular formula is C22H24N4O2. The maximum Gasteiger partial charge on any atom is 0.279 e. The molecule has 2 heterocycles. The fourth-order valence-electron chi connectivity index (χ4n) is 3.73. The van der Waals surface area contributed by atoms with E-state index < -0.39 is 0 Å². The molecule has 1 amide bonds. The SMILES string of the molecule is O=C1CCC(C(=O)n2ccccc2=NC2CCCCC2)=NN1c1ccccc1. The molecule has 28 heavy (non-hydrogen) atoms. The Morgan fingerprint density at radius 1 is 0.964 bits per heavy atom. The lowest BCUT2D eigenvalue weighted by Crippen LogP contribution is -2.39. The third-order valence-electron chi connectivity index (χ3n) is 5.23. The average Bonchev–Trinajstić information content (AvgIpc) is 2.75. The van der Waals surface area contributed by atoms with E-state index in [0.29, 0.717) is 23.3 Å². The summed E-state index contributed by atoms with van der Waals surface area (Å²) >= 11 is 0. The van der Waals surface area contributed by atoms with Crippen LogP contribution in [0, 0.1) is 0 Å². The maximum absolute atomic E-state index is 13.2. The fraction of sp³-hybridized carbons (Fsp3) is 0.364. The van der Waals surface area contributed by atoms with Crippen LogP contribution in [0.15, 0.2) is 64.8 Å². The molecule has 0 atom stereocenters. The molecule has 2 aromatic rings. The smallest absolute Gasteiger partial charge is 0.273 e. The van der Waals surface area contributed by atoms with Crippen LogP contribution in [0.5, 0.6) is 0 Å². The fourth-order valence-corrected chi connectivity index (χ4v) is 3.73. The lowest BCUT2D eigenvalue weighted by Gasteiger charge is -2.23. The van der Waals surface area contributed by atoms with E-state index in [9.17, 15) is 9.59 Å². The Kier molecular flexibility index (Phi) is 5.46. The number of aromatic nitrogens is 1. The highest BCUT2D eigenvalue weighted by molar-refractivity contribution is 6.40. The number of nitrogens with zero attached hydrogens (tertiary/aromatic N) is 4. The van der Waals surface area contributed by atoms with Gasteiger partial charge in [0.25, 0.3) is 5.91 Å². The van der Waals surface area contributed by atoms with Crippen molar-refractivity contribution in [3.63, 3.8) is 0 Å². The van der Waals surface area contributed by atoms with E-state index in [1.54, 1.807) is 10.8 Å². The Hall–Kier alpha value is -3.02. The van der Waals surface area contributed by atoms with Crippen LogP contribution in [0.3, 0.4) is 0 Å². The Morgan fingerprint density at radius 2 is 1.71 bits per heavy atom. The van der Waals surface area contributed by atoms with Crippen LogP contribution in [-0.2, 0) is 4.79 Å². The van der Waals surface area contributed by atoms with Crippen molar-refractivity contribution in [2.75, 3.05) is 5.01 Å². The minimum Gasteiger partial charge on any atom is -0.273 e. The van der Waals surface area contributed by atoms with Crippen molar-refractivity contribution in [1.29, 1.82) is 0 Å². The van der Waals surface area contributed by atoms with Crippen LogP contribution in [0.2, 0.25) is 0 Å². The molecule has 6 nitrogen and oxygen atoms in total. The molecule has 0 N–H and O–H groups in total. The summed E-state index contributed by atoms with van der Waals surface area (Å²) in [6.45, 7) is 0. The lowest BCUT2D eigenvalue weighted by atomic mass is 9.96. The van der Waals surface area contributed by atoms with Crippen molar-refractivity contribution in [1.82, 2.24) is 4.57 Å². The predicted octanol–water partition coefficient (Wildman–Crippen LogP) is 3.54. The van der Waals surface area contributed by atoms with Gasteiger partial charge in [-0.15, -0.1) is 0 Å². The van der Waals surface area contributed by atoms with Gasteiger partial charge < -0.3 is 0 Å². The van der Waals surface area contributed by atoms with Crippen LogP contribution in [0.25, 0.3) is 0 Å². The zero-order valence-electron chi connectivity index (χ0n) is 15.8. The number of hydrogen-bond acceptors (Lipinski definition) is 4. The number of para-hydroxylation sites is 1. The van der Waals surface area contributed by atoms with Gasteiger partial charge in [0.15, 0.2) is 0 Å². The van der Waals surface area contributed by atoms with Crippen molar-refractivity contribution in [3.8, 4) is 0 Å². The Labute approximate surface area is 164 Å². The number of amides is 1. The number of hydrazone groups is 1. The summed E-state index contributed by atoms with van der Waals surface area (Å²) in [5.74, 6) is -0.323. The van der Waals surface area contributed by atoms with Crippen LogP contribution >= 0.6 is 0 Å². The number of pyridine rings is 1. The van der Waals surface area contributed by atoms with Crippen molar-refractivity contribution < 1.29 is 9.59 Å². The lowest BCUT2D eigenvalue weighted by molar-refractivity contribution is -0.118. The van der Waals surface area contributed by atoms with E-state index in [-0.39, 0.29) is 24.3 Å². The summed E-state index contributed by atoms with van der Waals surface area (Å²) in [7, 11) is 0. The molecule has 0 radical (unpaired) electrons. The van der Waals surface area contributed by atoms with E-state index in [1.807, 2.05) is 48.5 Å². The van der Waals surface area contributed by atoms with Gasteiger partial charge in [-0.2, -0.15) is 5.10 Å². The van der Waals surface area contributed by atoms with Crippen LogP contribution < -0.4 is 10.5 Å². The molecule has 2 aliphatic rings. The maximum atomic E-state index is 13.2. The number of carbonyl (C=O) groups is 2. The molecule has 4 rings (SSSR count). The van der Waals surface area contributed by atoms with Crippen LogP contribution in [0.4, 0.5) is 5.69 Å². The van der Waals surface area contributed by atoms with Gasteiger partial charge in [-0.3, -0.25) is 19.1 Å². The van der Waals surface area contributed by atoms with Crippen LogP contribution in [-0.4, -0.2) is 28.1 Å². The summed E-state index contributed by atoms with van der Waals surface area (Å²) < 4.78 is 1.56. The quantitative estimate of drug-likeness (QED) is 0.822. The van der Waals surface area contributed by atoms with Gasteiger partial charge in [-0.25, -0.2) is 5.01 Å². The summed E-state index contributed by atoms with van der Waals surface area (Å²) in [5, 5.41) is 5.72. The Balaban J connectivity index is 1.66. The van der Waals surface area contributed by atoms with Crippen molar-refractivity contribution in [2.45, 2.75) is 51.0 Å². The normalized spacial score (nSPS) is 18.9. The molecule has 1 fully saturated rings. The summed E-state index contributed by atoms with van der Waals surface area (Å²) in [6.07, 6.45) is 8.12. The number of carbonyl (C=O) groups excluding carboxylic acids is 2. The number of anilines is 1. The highest BCUT2D eigenvalue weighted by Crippen LogP contribution is 2.21. The second kappa shape index (κ2) is 8.33. The Bertz CT molecular complexity index is 956. The van der Waals surface area contributed by atoms with Gasteiger partial charge in [-0.05, 0) is 37.1 Å². The van der Waals surface area contributed by atoms with Crippen molar-refractivity contribution in [2.24, 2.45) is 10.1 Å². The molecule has 1 saturated carbocycles. The minimum absolute atomic E-state index is 0.104. The molecule has 1 aliphatic carbocycles. The van der Waals surface area contributed by atoms with Gasteiger partial charge in [0, 0.05) is 19.0 Å². The number of hydrogen-bond donors (Lipinski definition) is 0. The second-order valence-corrected chi connectivity index (χ2v) is 7.24.